The molecule has 5 rings (SSSR count). The molecule has 10 heteroatoms. The fourth-order valence-corrected chi connectivity index (χ4v) is 6.69. The number of anilines is 1. The molecule has 4 atom stereocenters. The first-order chi connectivity index (χ1) is 20.8. The van der Waals surface area contributed by atoms with Gasteiger partial charge in [0, 0.05) is 46.7 Å². The summed E-state index contributed by atoms with van der Waals surface area (Å²) in [6.07, 6.45) is 2.46. The van der Waals surface area contributed by atoms with Gasteiger partial charge in [-0.05, 0) is 99.0 Å². The maximum Gasteiger partial charge on any atom is 0.250 e. The van der Waals surface area contributed by atoms with E-state index < -0.39 is 0 Å². The molecule has 2 aliphatic rings. The van der Waals surface area contributed by atoms with Crippen LogP contribution in [0.1, 0.15) is 44.1 Å². The first-order valence-corrected chi connectivity index (χ1v) is 15.8. The van der Waals surface area contributed by atoms with Gasteiger partial charge >= 0.3 is 0 Å². The lowest BCUT2D eigenvalue weighted by molar-refractivity contribution is -0.127. The van der Waals surface area contributed by atoms with Crippen molar-refractivity contribution in [3.05, 3.63) is 89.2 Å². The van der Waals surface area contributed by atoms with E-state index in [1.807, 2.05) is 55.5 Å². The Morgan fingerprint density at radius 1 is 1.14 bits per heavy atom. The normalized spacial score (nSPS) is 21.2. The molecule has 1 saturated heterocycles. The van der Waals surface area contributed by atoms with Crippen LogP contribution in [0.4, 0.5) is 10.1 Å². The van der Waals surface area contributed by atoms with Crippen LogP contribution in [0, 0.1) is 17.7 Å². The van der Waals surface area contributed by atoms with Crippen molar-refractivity contribution in [1.29, 1.82) is 0 Å². The van der Waals surface area contributed by atoms with Crippen LogP contribution in [0.15, 0.2) is 82.8 Å². The third kappa shape index (κ3) is 7.96. The maximum absolute atomic E-state index is 13.7. The Morgan fingerprint density at radius 3 is 2.56 bits per heavy atom. The molecule has 1 unspecified atom stereocenters. The monoisotopic (exact) mass is 622 g/mol. The molecule has 2 N–H and O–H groups in total. The van der Waals surface area contributed by atoms with E-state index in [1.54, 1.807) is 19.2 Å². The smallest absolute Gasteiger partial charge is 0.250 e. The highest BCUT2D eigenvalue weighted by molar-refractivity contribution is 8.14. The lowest BCUT2D eigenvalue weighted by Crippen LogP contribution is -2.46. The van der Waals surface area contributed by atoms with Gasteiger partial charge in [0.25, 0.3) is 5.91 Å². The van der Waals surface area contributed by atoms with Crippen molar-refractivity contribution in [2.24, 2.45) is 16.9 Å². The fraction of sp³-hybridized carbons (Fsp3) is 0.364. The second-order valence-electron chi connectivity index (χ2n) is 11.0. The number of rotatable bonds is 9. The fourth-order valence-electron chi connectivity index (χ4n) is 5.61. The number of hydrogen-bond acceptors (Lipinski definition) is 6. The molecular weight excluding hydrogens is 587 g/mol. The van der Waals surface area contributed by atoms with E-state index in [4.69, 9.17) is 21.4 Å². The summed E-state index contributed by atoms with van der Waals surface area (Å²) in [6, 6.07) is 21.1. The standard InChI is InChI=1S/C33H36ClFN4O3S/c1-21(37-32(40)29-17-18-36-20-30(29)22-5-9-25(35)10-6-22)3-4-23-19-31(43-28-15-7-24(34)8-16-28)38-39(33(23)41)26-11-13-27(42-2)14-12-26/h5-16,21,23,29-30,36H,3-4,17-20H2,1-2H3,(H,37,40)/t21-,23?,29-,30+/m1/s1. The Kier molecular flexibility index (Phi) is 10.4. The first kappa shape index (κ1) is 31.0. The summed E-state index contributed by atoms with van der Waals surface area (Å²) in [7, 11) is 1.60. The number of thioether (sulfide) groups is 1. The molecule has 2 heterocycles. The SMILES string of the molecule is COc1ccc(N2N=C(Sc3ccc(Cl)cc3)CC(CC[C@@H](C)NC(=O)[C@@H]3CCNC[C@H]3c3ccc(F)cc3)C2=O)cc1. The molecule has 3 aromatic rings. The number of halogens is 2. The Morgan fingerprint density at radius 2 is 1.86 bits per heavy atom. The van der Waals surface area contributed by atoms with Gasteiger partial charge in [-0.25, -0.2) is 4.39 Å². The highest BCUT2D eigenvalue weighted by Crippen LogP contribution is 2.34. The first-order valence-electron chi connectivity index (χ1n) is 14.6. The predicted molar refractivity (Wildman–Crippen MR) is 170 cm³/mol. The van der Waals surface area contributed by atoms with Crippen molar-refractivity contribution in [3.8, 4) is 5.75 Å². The van der Waals surface area contributed by atoms with Gasteiger partial charge in [-0.3, -0.25) is 9.59 Å². The van der Waals surface area contributed by atoms with Gasteiger partial charge in [0.2, 0.25) is 5.91 Å². The van der Waals surface area contributed by atoms with Gasteiger partial charge in [-0.2, -0.15) is 10.1 Å². The lowest BCUT2D eigenvalue weighted by Gasteiger charge is -2.33. The molecule has 0 aromatic heterocycles. The summed E-state index contributed by atoms with van der Waals surface area (Å²) >= 11 is 7.60. The van der Waals surface area contributed by atoms with Crippen LogP contribution < -0.4 is 20.4 Å². The van der Waals surface area contributed by atoms with Crippen LogP contribution in [0.25, 0.3) is 0 Å². The van der Waals surface area contributed by atoms with E-state index in [0.717, 1.165) is 22.0 Å². The zero-order valence-electron chi connectivity index (χ0n) is 24.3. The quantitative estimate of drug-likeness (QED) is 0.280. The predicted octanol–water partition coefficient (Wildman–Crippen LogP) is 6.62. The number of nitrogens with one attached hydrogen (secondary N) is 2. The molecule has 0 bridgehead atoms. The molecule has 0 spiro atoms. The van der Waals surface area contributed by atoms with Crippen molar-refractivity contribution in [2.45, 2.75) is 49.5 Å². The van der Waals surface area contributed by atoms with E-state index in [9.17, 15) is 14.0 Å². The van der Waals surface area contributed by atoms with Crippen LogP contribution in [-0.4, -0.2) is 43.1 Å². The second kappa shape index (κ2) is 14.4. The minimum atomic E-state index is -0.292. The largest absolute Gasteiger partial charge is 0.497 e. The molecule has 2 amide bonds. The average molecular weight is 623 g/mol. The van der Waals surface area contributed by atoms with Crippen LogP contribution >= 0.6 is 23.4 Å². The number of nitrogens with zero attached hydrogens (tertiary/aromatic N) is 2. The van der Waals surface area contributed by atoms with E-state index in [2.05, 4.69) is 10.6 Å². The Hall–Kier alpha value is -3.40. The Bertz CT molecular complexity index is 1440. The molecule has 7 nitrogen and oxygen atoms in total. The zero-order valence-corrected chi connectivity index (χ0v) is 25.8. The van der Waals surface area contributed by atoms with Gasteiger partial charge in [0.05, 0.1) is 17.8 Å². The zero-order chi connectivity index (χ0) is 30.3. The van der Waals surface area contributed by atoms with Crippen LogP contribution in [-0.2, 0) is 9.59 Å². The molecule has 0 aliphatic carbocycles. The van der Waals surface area contributed by atoms with Crippen molar-refractivity contribution in [1.82, 2.24) is 10.6 Å². The number of piperidine rings is 1. The van der Waals surface area contributed by atoms with Gasteiger partial charge in [-0.15, -0.1) is 0 Å². The van der Waals surface area contributed by atoms with Gasteiger partial charge in [0.15, 0.2) is 0 Å². The maximum atomic E-state index is 13.7. The Balaban J connectivity index is 1.25. The van der Waals surface area contributed by atoms with Gasteiger partial charge in [0.1, 0.15) is 11.6 Å². The summed E-state index contributed by atoms with van der Waals surface area (Å²) in [5.41, 5.74) is 1.63. The topological polar surface area (TPSA) is 83.0 Å². The van der Waals surface area contributed by atoms with Crippen LogP contribution in [0.5, 0.6) is 5.75 Å². The van der Waals surface area contributed by atoms with Crippen LogP contribution in [0.2, 0.25) is 5.02 Å². The molecule has 2 aliphatic heterocycles. The van der Waals surface area contributed by atoms with Crippen molar-refractivity contribution >= 4 is 45.9 Å². The van der Waals surface area contributed by atoms with E-state index >= 15 is 0 Å². The summed E-state index contributed by atoms with van der Waals surface area (Å²) < 4.78 is 18.8. The van der Waals surface area contributed by atoms with Crippen molar-refractivity contribution in [2.75, 3.05) is 25.2 Å². The molecular formula is C33H36ClFN4O3S. The van der Waals surface area contributed by atoms with E-state index in [0.29, 0.717) is 48.7 Å². The highest BCUT2D eigenvalue weighted by Gasteiger charge is 2.34. The highest BCUT2D eigenvalue weighted by atomic mass is 35.5. The summed E-state index contributed by atoms with van der Waals surface area (Å²) in [5.74, 6) is -0.180. The third-order valence-electron chi connectivity index (χ3n) is 8.01. The molecule has 0 saturated carbocycles. The lowest BCUT2D eigenvalue weighted by atomic mass is 9.80. The van der Waals surface area contributed by atoms with Crippen molar-refractivity contribution < 1.29 is 18.7 Å². The molecule has 3 aromatic carbocycles. The number of amides is 2. The summed E-state index contributed by atoms with van der Waals surface area (Å²) in [5, 5.41) is 14.3. The summed E-state index contributed by atoms with van der Waals surface area (Å²) in [4.78, 5) is 28.1. The molecule has 0 radical (unpaired) electrons. The van der Waals surface area contributed by atoms with Crippen molar-refractivity contribution in [3.63, 3.8) is 0 Å². The third-order valence-corrected chi connectivity index (χ3v) is 9.25. The summed E-state index contributed by atoms with van der Waals surface area (Å²) in [6.45, 7) is 3.41. The van der Waals surface area contributed by atoms with Gasteiger partial charge < -0.3 is 15.4 Å². The van der Waals surface area contributed by atoms with Gasteiger partial charge in [-0.1, -0.05) is 35.5 Å². The number of carbonyl (C=O) groups is 2. The number of ether oxygens (including phenoxy) is 1. The number of carbonyl (C=O) groups excluding carboxylic acids is 2. The second-order valence-corrected chi connectivity index (χ2v) is 12.6. The number of benzene rings is 3. The molecule has 43 heavy (non-hydrogen) atoms. The number of hydrazone groups is 1. The number of methoxy groups -OCH3 is 1. The average Bonchev–Trinajstić information content (AvgIpc) is 3.02. The number of hydrogen-bond donors (Lipinski definition) is 2. The minimum Gasteiger partial charge on any atom is -0.497 e. The van der Waals surface area contributed by atoms with E-state index in [1.165, 1.54) is 28.9 Å². The minimum absolute atomic E-state index is 0.00120. The van der Waals surface area contributed by atoms with Crippen LogP contribution in [0.3, 0.4) is 0 Å². The van der Waals surface area contributed by atoms with E-state index in [-0.39, 0.29) is 41.4 Å². The molecule has 226 valence electrons. The Labute approximate surface area is 261 Å². The molecule has 1 fully saturated rings.